The van der Waals surface area contributed by atoms with Gasteiger partial charge in [-0.2, -0.15) is 10.1 Å². The van der Waals surface area contributed by atoms with Gasteiger partial charge in [0.2, 0.25) is 11.9 Å². The molecule has 0 radical (unpaired) electrons. The number of aryl methyl sites for hydroxylation is 1. The summed E-state index contributed by atoms with van der Waals surface area (Å²) in [6.07, 6.45) is 1.82. The van der Waals surface area contributed by atoms with Gasteiger partial charge in [0.05, 0.1) is 0 Å². The van der Waals surface area contributed by atoms with Crippen molar-refractivity contribution in [1.29, 1.82) is 0 Å². The Morgan fingerprint density at radius 2 is 2.46 bits per heavy atom. The van der Waals surface area contributed by atoms with Gasteiger partial charge in [-0.3, -0.25) is 4.68 Å². The van der Waals surface area contributed by atoms with Crippen LogP contribution in [0.1, 0.15) is 0 Å². The van der Waals surface area contributed by atoms with E-state index in [4.69, 9.17) is 5.73 Å². The Hall–Kier alpha value is -2.05. The quantitative estimate of drug-likeness (QED) is 0.596. The summed E-state index contributed by atoms with van der Waals surface area (Å²) in [5.41, 5.74) is 5.34. The van der Waals surface area contributed by atoms with E-state index in [1.165, 1.54) is 0 Å². The molecule has 7 heteroatoms. The van der Waals surface area contributed by atoms with Crippen molar-refractivity contribution in [2.75, 3.05) is 11.1 Å². The third-order valence-electron chi connectivity index (χ3n) is 1.46. The van der Waals surface area contributed by atoms with E-state index >= 15 is 0 Å². The van der Waals surface area contributed by atoms with Crippen LogP contribution in [0.25, 0.3) is 0 Å². The van der Waals surface area contributed by atoms with Gasteiger partial charge in [0.15, 0.2) is 5.82 Å². The topological polar surface area (TPSA) is 97.4 Å². The third-order valence-corrected chi connectivity index (χ3v) is 1.46. The second kappa shape index (κ2) is 2.77. The molecule has 0 aliphatic rings. The summed E-state index contributed by atoms with van der Waals surface area (Å²) in [5.74, 6) is 1.37. The van der Waals surface area contributed by atoms with E-state index in [9.17, 15) is 0 Å². The van der Waals surface area contributed by atoms with Crippen molar-refractivity contribution in [3.8, 4) is 0 Å². The first kappa shape index (κ1) is 7.59. The Bertz CT molecular complexity index is 362. The lowest BCUT2D eigenvalue weighted by Gasteiger charge is -1.93. The summed E-state index contributed by atoms with van der Waals surface area (Å²) in [6.45, 7) is 0. The van der Waals surface area contributed by atoms with Gasteiger partial charge in [0.1, 0.15) is 0 Å². The van der Waals surface area contributed by atoms with Gasteiger partial charge in [0, 0.05) is 19.3 Å². The highest BCUT2D eigenvalue weighted by Crippen LogP contribution is 2.08. The van der Waals surface area contributed by atoms with E-state index in [1.807, 2.05) is 19.3 Å². The maximum absolute atomic E-state index is 5.34. The highest BCUT2D eigenvalue weighted by atomic mass is 15.4. The van der Waals surface area contributed by atoms with Crippen molar-refractivity contribution in [1.82, 2.24) is 25.0 Å². The average Bonchev–Trinajstić information content (AvgIpc) is 2.62. The molecular formula is C6H9N7. The fraction of sp³-hybridized carbons (Fsp3) is 0.167. The highest BCUT2D eigenvalue weighted by Gasteiger charge is 2.01. The number of aromatic amines is 1. The minimum Gasteiger partial charge on any atom is -0.368 e. The zero-order valence-corrected chi connectivity index (χ0v) is 7.02. The largest absolute Gasteiger partial charge is 0.368 e. The molecule has 0 aliphatic carbocycles. The fourth-order valence-electron chi connectivity index (χ4n) is 0.927. The molecule has 0 bridgehead atoms. The predicted octanol–water partition coefficient (Wildman–Crippen LogP) is -0.136. The molecule has 7 nitrogen and oxygen atoms in total. The summed E-state index contributed by atoms with van der Waals surface area (Å²) in [7, 11) is 1.83. The Labute approximate surface area is 74.0 Å². The molecule has 0 saturated carbocycles. The summed E-state index contributed by atoms with van der Waals surface area (Å²) >= 11 is 0. The highest BCUT2D eigenvalue weighted by molar-refractivity contribution is 5.47. The Kier molecular flexibility index (Phi) is 1.62. The zero-order valence-electron chi connectivity index (χ0n) is 7.02. The minimum absolute atomic E-state index is 0.276. The molecule has 2 rings (SSSR count). The van der Waals surface area contributed by atoms with E-state index in [0.29, 0.717) is 11.8 Å². The molecule has 2 aromatic rings. The maximum atomic E-state index is 5.34. The predicted molar refractivity (Wildman–Crippen MR) is 47.3 cm³/mol. The van der Waals surface area contributed by atoms with Crippen LogP contribution in [0.2, 0.25) is 0 Å². The van der Waals surface area contributed by atoms with Crippen molar-refractivity contribution in [2.24, 2.45) is 7.05 Å². The van der Waals surface area contributed by atoms with Gasteiger partial charge in [-0.15, -0.1) is 5.10 Å². The standard InChI is InChI=1S/C6H9N7/c1-13-3-2-4(12-13)8-6-9-5(7)10-11-6/h2-3H,1H3,(H4,7,8,9,10,11,12). The van der Waals surface area contributed by atoms with Crippen LogP contribution in [0.4, 0.5) is 17.7 Å². The molecule has 2 heterocycles. The maximum Gasteiger partial charge on any atom is 0.249 e. The van der Waals surface area contributed by atoms with Crippen LogP contribution in [-0.4, -0.2) is 25.0 Å². The first-order valence-corrected chi connectivity index (χ1v) is 3.68. The van der Waals surface area contributed by atoms with Crippen molar-refractivity contribution in [2.45, 2.75) is 0 Å². The Balaban J connectivity index is 2.14. The molecule has 0 unspecified atom stereocenters. The van der Waals surface area contributed by atoms with Gasteiger partial charge in [-0.25, -0.2) is 5.10 Å². The van der Waals surface area contributed by atoms with Gasteiger partial charge in [-0.1, -0.05) is 0 Å². The number of rotatable bonds is 2. The lowest BCUT2D eigenvalue weighted by molar-refractivity contribution is 0.771. The average molecular weight is 179 g/mol. The molecule has 13 heavy (non-hydrogen) atoms. The molecule has 2 aromatic heterocycles. The van der Waals surface area contributed by atoms with Crippen molar-refractivity contribution < 1.29 is 0 Å². The minimum atomic E-state index is 0.276. The van der Waals surface area contributed by atoms with Crippen LogP contribution in [0, 0.1) is 0 Å². The van der Waals surface area contributed by atoms with Gasteiger partial charge in [0.25, 0.3) is 0 Å². The lowest BCUT2D eigenvalue weighted by atomic mass is 10.6. The third kappa shape index (κ3) is 1.58. The smallest absolute Gasteiger partial charge is 0.249 e. The van der Waals surface area contributed by atoms with E-state index in [-0.39, 0.29) is 5.95 Å². The number of hydrogen-bond donors (Lipinski definition) is 3. The summed E-state index contributed by atoms with van der Waals surface area (Å²) in [4.78, 5) is 3.87. The number of nitrogens with one attached hydrogen (secondary N) is 2. The van der Waals surface area contributed by atoms with E-state index in [2.05, 4.69) is 25.6 Å². The lowest BCUT2D eigenvalue weighted by Crippen LogP contribution is -1.95. The molecule has 0 spiro atoms. The van der Waals surface area contributed by atoms with Gasteiger partial charge in [-0.05, 0) is 0 Å². The molecule has 0 amide bonds. The van der Waals surface area contributed by atoms with E-state index < -0.39 is 0 Å². The SMILES string of the molecule is Cn1ccc(Nc2n[nH]c(N)n2)n1. The normalized spacial score (nSPS) is 10.2. The van der Waals surface area contributed by atoms with Crippen LogP contribution in [0.15, 0.2) is 12.3 Å². The molecular weight excluding hydrogens is 170 g/mol. The van der Waals surface area contributed by atoms with Crippen molar-refractivity contribution in [3.63, 3.8) is 0 Å². The number of anilines is 3. The van der Waals surface area contributed by atoms with Crippen LogP contribution < -0.4 is 11.1 Å². The molecule has 0 fully saturated rings. The Morgan fingerprint density at radius 1 is 1.62 bits per heavy atom. The molecule has 0 aliphatic heterocycles. The fourth-order valence-corrected chi connectivity index (χ4v) is 0.927. The van der Waals surface area contributed by atoms with Gasteiger partial charge >= 0.3 is 0 Å². The molecule has 0 saturated heterocycles. The first-order chi connectivity index (χ1) is 6.24. The molecule has 0 aromatic carbocycles. The molecule has 0 atom stereocenters. The summed E-state index contributed by atoms with van der Waals surface area (Å²) in [6, 6.07) is 1.81. The summed E-state index contributed by atoms with van der Waals surface area (Å²) < 4.78 is 1.68. The first-order valence-electron chi connectivity index (χ1n) is 3.68. The zero-order chi connectivity index (χ0) is 9.26. The number of nitrogens with zero attached hydrogens (tertiary/aromatic N) is 4. The number of hydrogen-bond acceptors (Lipinski definition) is 5. The number of nitrogen functional groups attached to an aromatic ring is 1. The van der Waals surface area contributed by atoms with Crippen molar-refractivity contribution in [3.05, 3.63) is 12.3 Å². The van der Waals surface area contributed by atoms with Crippen LogP contribution >= 0.6 is 0 Å². The number of aromatic nitrogens is 5. The number of nitrogens with two attached hydrogens (primary N) is 1. The second-order valence-corrected chi connectivity index (χ2v) is 2.54. The Morgan fingerprint density at radius 3 is 3.00 bits per heavy atom. The van der Waals surface area contributed by atoms with Gasteiger partial charge < -0.3 is 11.1 Å². The molecule has 4 N–H and O–H groups in total. The van der Waals surface area contributed by atoms with Crippen LogP contribution in [-0.2, 0) is 7.05 Å². The monoisotopic (exact) mass is 179 g/mol. The van der Waals surface area contributed by atoms with Crippen LogP contribution in [0.3, 0.4) is 0 Å². The van der Waals surface area contributed by atoms with E-state index in [0.717, 1.165) is 0 Å². The second-order valence-electron chi connectivity index (χ2n) is 2.54. The van der Waals surface area contributed by atoms with E-state index in [1.54, 1.807) is 4.68 Å². The van der Waals surface area contributed by atoms with Crippen LogP contribution in [0.5, 0.6) is 0 Å². The summed E-state index contributed by atoms with van der Waals surface area (Å²) in [5, 5.41) is 13.3. The van der Waals surface area contributed by atoms with Crippen molar-refractivity contribution >= 4 is 17.7 Å². The molecule has 68 valence electrons. The number of H-pyrrole nitrogens is 1.